The van der Waals surface area contributed by atoms with E-state index >= 15 is 0 Å². The Bertz CT molecular complexity index is 985. The molecular weight excluding hydrogens is 346 g/mol. The predicted octanol–water partition coefficient (Wildman–Crippen LogP) is 2.00. The van der Waals surface area contributed by atoms with Crippen LogP contribution in [-0.4, -0.2) is 37.3 Å². The van der Waals surface area contributed by atoms with Crippen LogP contribution in [0.4, 0.5) is 5.88 Å². The molecule has 9 heteroatoms. The van der Waals surface area contributed by atoms with Gasteiger partial charge in [0.1, 0.15) is 0 Å². The number of aromatic nitrogens is 1. The van der Waals surface area contributed by atoms with Gasteiger partial charge < -0.3 is 4.52 Å². The van der Waals surface area contributed by atoms with Crippen LogP contribution in [0.5, 0.6) is 0 Å². The van der Waals surface area contributed by atoms with Gasteiger partial charge in [-0.15, -0.1) is 0 Å². The predicted molar refractivity (Wildman–Crippen MR) is 88.9 cm³/mol. The first-order valence-electron chi connectivity index (χ1n) is 7.47. The zero-order chi connectivity index (χ0) is 18.6. The van der Waals surface area contributed by atoms with E-state index < -0.39 is 21.8 Å². The Morgan fingerprint density at radius 2 is 1.72 bits per heavy atom. The molecule has 132 valence electrons. The minimum Gasteiger partial charge on any atom is -0.338 e. The van der Waals surface area contributed by atoms with Crippen molar-refractivity contribution in [3.8, 4) is 0 Å². The third-order valence-electron chi connectivity index (χ3n) is 3.88. The van der Waals surface area contributed by atoms with E-state index in [9.17, 15) is 18.0 Å². The molecule has 0 saturated carbocycles. The van der Waals surface area contributed by atoms with Gasteiger partial charge in [0.05, 0.1) is 21.7 Å². The molecule has 0 unspecified atom stereocenters. The molecule has 1 aromatic heterocycles. The number of nitrogens with one attached hydrogen (secondary N) is 1. The molecule has 0 fully saturated rings. The van der Waals surface area contributed by atoms with E-state index in [1.165, 1.54) is 31.3 Å². The summed E-state index contributed by atoms with van der Waals surface area (Å²) in [5.41, 5.74) is 0.545. The van der Waals surface area contributed by atoms with E-state index in [0.29, 0.717) is 5.69 Å². The van der Waals surface area contributed by atoms with Crippen molar-refractivity contribution in [3.63, 3.8) is 0 Å². The first-order valence-corrected chi connectivity index (χ1v) is 8.95. The lowest BCUT2D eigenvalue weighted by atomic mass is 9.92. The first-order chi connectivity index (χ1) is 11.5. The van der Waals surface area contributed by atoms with E-state index in [2.05, 4.69) is 9.88 Å². The monoisotopic (exact) mass is 363 g/mol. The Labute approximate surface area is 144 Å². The average Bonchev–Trinajstić information content (AvgIpc) is 3.07. The fourth-order valence-corrected chi connectivity index (χ4v) is 3.37. The molecule has 1 aromatic carbocycles. The normalized spacial score (nSPS) is 14.8. The second-order valence-electron chi connectivity index (χ2n) is 6.81. The van der Waals surface area contributed by atoms with Gasteiger partial charge in [0, 0.05) is 18.5 Å². The largest absolute Gasteiger partial charge is 0.338 e. The topological polar surface area (TPSA) is 110 Å². The van der Waals surface area contributed by atoms with Gasteiger partial charge in [0.25, 0.3) is 21.8 Å². The molecule has 1 aliphatic heterocycles. The number of rotatable bonds is 3. The SMILES string of the molecule is CN1C(=O)c2ccc(S(=O)(=O)Nc3cc(C(C)(C)C)no3)cc2C1=O. The van der Waals surface area contributed by atoms with Crippen molar-refractivity contribution in [1.29, 1.82) is 0 Å². The van der Waals surface area contributed by atoms with Crippen LogP contribution in [-0.2, 0) is 15.4 Å². The first kappa shape index (κ1) is 17.2. The number of hydrogen-bond acceptors (Lipinski definition) is 6. The number of carbonyl (C=O) groups is 2. The van der Waals surface area contributed by atoms with Gasteiger partial charge >= 0.3 is 0 Å². The Kier molecular flexibility index (Phi) is 3.72. The summed E-state index contributed by atoms with van der Waals surface area (Å²) < 4.78 is 32.4. The van der Waals surface area contributed by atoms with Crippen molar-refractivity contribution in [1.82, 2.24) is 10.1 Å². The molecular formula is C16H17N3O5S. The molecule has 0 spiro atoms. The van der Waals surface area contributed by atoms with Crippen LogP contribution in [0.2, 0.25) is 0 Å². The maximum atomic E-state index is 12.5. The number of sulfonamides is 1. The molecule has 0 radical (unpaired) electrons. The van der Waals surface area contributed by atoms with Crippen LogP contribution < -0.4 is 4.72 Å². The van der Waals surface area contributed by atoms with Crippen LogP contribution in [0.1, 0.15) is 47.2 Å². The third kappa shape index (κ3) is 2.91. The van der Waals surface area contributed by atoms with Gasteiger partial charge in [0.15, 0.2) is 0 Å². The highest BCUT2D eigenvalue weighted by atomic mass is 32.2. The number of amides is 2. The Hall–Kier alpha value is -2.68. The molecule has 25 heavy (non-hydrogen) atoms. The number of fused-ring (bicyclic) bond motifs is 1. The maximum absolute atomic E-state index is 12.5. The summed E-state index contributed by atoms with van der Waals surface area (Å²) in [4.78, 5) is 24.7. The molecule has 8 nitrogen and oxygen atoms in total. The number of imide groups is 1. The van der Waals surface area contributed by atoms with E-state index in [-0.39, 0.29) is 27.3 Å². The number of benzene rings is 1. The lowest BCUT2D eigenvalue weighted by Gasteiger charge is -2.12. The minimum absolute atomic E-state index is 0.0232. The van der Waals surface area contributed by atoms with Crippen molar-refractivity contribution in [2.75, 3.05) is 11.8 Å². The van der Waals surface area contributed by atoms with Crippen LogP contribution >= 0.6 is 0 Å². The highest BCUT2D eigenvalue weighted by Gasteiger charge is 2.34. The van der Waals surface area contributed by atoms with E-state index in [4.69, 9.17) is 4.52 Å². The molecule has 1 N–H and O–H groups in total. The van der Waals surface area contributed by atoms with Crippen LogP contribution in [0.25, 0.3) is 0 Å². The second kappa shape index (κ2) is 5.41. The van der Waals surface area contributed by atoms with E-state index in [0.717, 1.165) is 4.90 Å². The zero-order valence-electron chi connectivity index (χ0n) is 14.2. The van der Waals surface area contributed by atoms with Gasteiger partial charge in [-0.2, -0.15) is 0 Å². The van der Waals surface area contributed by atoms with E-state index in [1.807, 2.05) is 20.8 Å². The lowest BCUT2D eigenvalue weighted by Crippen LogP contribution is -2.24. The van der Waals surface area contributed by atoms with Gasteiger partial charge in [-0.05, 0) is 18.2 Å². The summed E-state index contributed by atoms with van der Waals surface area (Å²) in [6.45, 7) is 5.76. The van der Waals surface area contributed by atoms with Crippen LogP contribution in [0, 0.1) is 0 Å². The standard InChI is InChI=1S/C16H17N3O5S/c1-16(2,3)12-8-13(24-17-12)18-25(22,23)9-5-6-10-11(7-9)15(21)19(4)14(10)20/h5-8,18H,1-4H3. The van der Waals surface area contributed by atoms with Crippen molar-refractivity contribution < 1.29 is 22.5 Å². The average molecular weight is 363 g/mol. The molecule has 0 aliphatic carbocycles. The molecule has 2 amide bonds. The lowest BCUT2D eigenvalue weighted by molar-refractivity contribution is 0.0693. The van der Waals surface area contributed by atoms with Crippen LogP contribution in [0.3, 0.4) is 0 Å². The summed E-state index contributed by atoms with van der Waals surface area (Å²) >= 11 is 0. The molecule has 2 heterocycles. The van der Waals surface area contributed by atoms with E-state index in [1.54, 1.807) is 0 Å². The second-order valence-corrected chi connectivity index (χ2v) is 8.49. The van der Waals surface area contributed by atoms with Gasteiger partial charge in [-0.3, -0.25) is 14.5 Å². The molecule has 3 rings (SSSR count). The number of nitrogens with zero attached hydrogens (tertiary/aromatic N) is 2. The molecule has 1 aliphatic rings. The van der Waals surface area contributed by atoms with Gasteiger partial charge in [-0.1, -0.05) is 25.9 Å². The highest BCUT2D eigenvalue weighted by molar-refractivity contribution is 7.92. The maximum Gasteiger partial charge on any atom is 0.264 e. The Balaban J connectivity index is 1.93. The van der Waals surface area contributed by atoms with Crippen molar-refractivity contribution in [2.45, 2.75) is 31.1 Å². The quantitative estimate of drug-likeness (QED) is 0.835. The van der Waals surface area contributed by atoms with Crippen molar-refractivity contribution in [3.05, 3.63) is 41.1 Å². The molecule has 0 saturated heterocycles. The summed E-state index contributed by atoms with van der Waals surface area (Å²) in [6.07, 6.45) is 0. The van der Waals surface area contributed by atoms with Crippen molar-refractivity contribution in [2.24, 2.45) is 0 Å². The number of anilines is 1. The Morgan fingerprint density at radius 1 is 1.08 bits per heavy atom. The summed E-state index contributed by atoms with van der Waals surface area (Å²) in [6, 6.07) is 5.29. The minimum atomic E-state index is -3.99. The smallest absolute Gasteiger partial charge is 0.264 e. The fourth-order valence-electron chi connectivity index (χ4n) is 2.38. The zero-order valence-corrected chi connectivity index (χ0v) is 15.0. The van der Waals surface area contributed by atoms with Crippen molar-refractivity contribution >= 4 is 27.7 Å². The van der Waals surface area contributed by atoms with Crippen LogP contribution in [0.15, 0.2) is 33.7 Å². The molecule has 0 bridgehead atoms. The molecule has 0 atom stereocenters. The Morgan fingerprint density at radius 3 is 2.32 bits per heavy atom. The summed E-state index contributed by atoms with van der Waals surface area (Å²) in [7, 11) is -2.64. The fraction of sp³-hybridized carbons (Fsp3) is 0.312. The molecule has 2 aromatic rings. The summed E-state index contributed by atoms with van der Waals surface area (Å²) in [5, 5.41) is 3.85. The number of carbonyl (C=O) groups excluding carboxylic acids is 2. The van der Waals surface area contributed by atoms with Gasteiger partial charge in [-0.25, -0.2) is 13.1 Å². The number of hydrogen-bond donors (Lipinski definition) is 1. The highest BCUT2D eigenvalue weighted by Crippen LogP contribution is 2.27. The van der Waals surface area contributed by atoms with Gasteiger partial charge in [0.2, 0.25) is 5.88 Å². The summed E-state index contributed by atoms with van der Waals surface area (Å²) in [5.74, 6) is -1.02. The third-order valence-corrected chi connectivity index (χ3v) is 5.23.